The van der Waals surface area contributed by atoms with Crippen LogP contribution in [0.3, 0.4) is 0 Å². The smallest absolute Gasteiger partial charge is 0.0664 e. The molecule has 0 N–H and O–H groups in total. The number of rotatable bonds is 5. The van der Waals surface area contributed by atoms with E-state index >= 15 is 0 Å². The van der Waals surface area contributed by atoms with E-state index in [4.69, 9.17) is 5.10 Å². The number of allylic oxidation sites excluding steroid dienone is 2. The van der Waals surface area contributed by atoms with Crippen molar-refractivity contribution >= 4 is 15.9 Å². The van der Waals surface area contributed by atoms with E-state index < -0.39 is 0 Å². The Morgan fingerprint density at radius 3 is 3.00 bits per heavy atom. The second kappa shape index (κ2) is 6.39. The summed E-state index contributed by atoms with van der Waals surface area (Å²) in [5.74, 6) is 0. The average Bonchev–Trinajstić information content (AvgIpc) is 2.95. The number of aromatic nitrogens is 2. The van der Waals surface area contributed by atoms with Gasteiger partial charge < -0.3 is 0 Å². The van der Waals surface area contributed by atoms with E-state index in [-0.39, 0.29) is 0 Å². The molecule has 0 unspecified atom stereocenters. The van der Waals surface area contributed by atoms with Crippen LogP contribution in [0.1, 0.15) is 50.8 Å². The normalized spacial score (nSPS) is 17.9. The molecule has 2 nitrogen and oxygen atoms in total. The molecule has 1 aliphatic carbocycles. The van der Waals surface area contributed by atoms with Crippen LogP contribution in [0.4, 0.5) is 0 Å². The second-order valence-electron chi connectivity index (χ2n) is 4.93. The third-order valence-electron chi connectivity index (χ3n) is 3.42. The molecule has 1 aliphatic rings. The minimum absolute atomic E-state index is 0.663. The molecule has 0 atom stereocenters. The summed E-state index contributed by atoms with van der Waals surface area (Å²) in [6.07, 6.45) is 11.9. The maximum atomic E-state index is 4.70. The van der Waals surface area contributed by atoms with Crippen molar-refractivity contribution in [3.05, 3.63) is 29.6 Å². The van der Waals surface area contributed by atoms with Gasteiger partial charge in [-0.25, -0.2) is 0 Å². The molecule has 17 heavy (non-hydrogen) atoms. The largest absolute Gasteiger partial charge is 0.269 e. The minimum Gasteiger partial charge on any atom is -0.269 e. The first-order chi connectivity index (χ1) is 8.29. The molecule has 1 saturated carbocycles. The van der Waals surface area contributed by atoms with Gasteiger partial charge in [-0.15, -0.1) is 0 Å². The lowest BCUT2D eigenvalue weighted by Crippen LogP contribution is -2.05. The Kier molecular flexibility index (Phi) is 4.84. The van der Waals surface area contributed by atoms with Crippen LogP contribution < -0.4 is 0 Å². The summed E-state index contributed by atoms with van der Waals surface area (Å²) in [4.78, 5) is 0. The first-order valence-electron chi connectivity index (χ1n) is 6.55. The van der Waals surface area contributed by atoms with Crippen LogP contribution in [0.5, 0.6) is 0 Å². The van der Waals surface area contributed by atoms with Crippen LogP contribution in [0.2, 0.25) is 0 Å². The summed E-state index contributed by atoms with van der Waals surface area (Å²) in [6, 6.07) is 2.83. The fourth-order valence-corrected chi connectivity index (χ4v) is 2.73. The number of halogens is 1. The molecule has 0 aromatic carbocycles. The number of alkyl halides is 1. The van der Waals surface area contributed by atoms with Crippen molar-refractivity contribution in [3.8, 4) is 0 Å². The minimum atomic E-state index is 0.663. The highest BCUT2D eigenvalue weighted by atomic mass is 79.9. The lowest BCUT2D eigenvalue weighted by atomic mass is 10.1. The zero-order valence-corrected chi connectivity index (χ0v) is 12.1. The van der Waals surface area contributed by atoms with Crippen LogP contribution in [-0.4, -0.2) is 15.1 Å². The van der Waals surface area contributed by atoms with Gasteiger partial charge in [0, 0.05) is 17.9 Å². The Morgan fingerprint density at radius 2 is 2.29 bits per heavy atom. The van der Waals surface area contributed by atoms with Gasteiger partial charge in [-0.2, -0.15) is 5.10 Å². The molecule has 3 heteroatoms. The SMILES string of the molecule is CC(=CCCBr)Cc1ccn(C2CCCC2)n1. The van der Waals surface area contributed by atoms with E-state index in [2.05, 4.69) is 45.9 Å². The van der Waals surface area contributed by atoms with Crippen LogP contribution in [0.15, 0.2) is 23.9 Å². The molecule has 0 saturated heterocycles. The summed E-state index contributed by atoms with van der Waals surface area (Å²) >= 11 is 3.45. The van der Waals surface area contributed by atoms with Gasteiger partial charge >= 0.3 is 0 Å². The molecule has 0 spiro atoms. The van der Waals surface area contributed by atoms with Crippen LogP contribution >= 0.6 is 15.9 Å². The fourth-order valence-electron chi connectivity index (χ4n) is 2.50. The van der Waals surface area contributed by atoms with Crippen molar-refractivity contribution in [2.75, 3.05) is 5.33 Å². The molecular formula is C14H21BrN2. The fraction of sp³-hybridized carbons (Fsp3) is 0.643. The second-order valence-corrected chi connectivity index (χ2v) is 5.72. The van der Waals surface area contributed by atoms with Crippen molar-refractivity contribution in [1.29, 1.82) is 0 Å². The molecule has 94 valence electrons. The van der Waals surface area contributed by atoms with E-state index in [0.29, 0.717) is 6.04 Å². The van der Waals surface area contributed by atoms with Gasteiger partial charge in [0.05, 0.1) is 11.7 Å². The Balaban J connectivity index is 1.93. The lowest BCUT2D eigenvalue weighted by molar-refractivity contribution is 0.463. The molecule has 1 heterocycles. The van der Waals surface area contributed by atoms with Crippen LogP contribution in [0.25, 0.3) is 0 Å². The van der Waals surface area contributed by atoms with E-state index in [9.17, 15) is 0 Å². The molecule has 0 aliphatic heterocycles. The summed E-state index contributed by atoms with van der Waals surface area (Å²) in [7, 11) is 0. The maximum absolute atomic E-state index is 4.70. The van der Waals surface area contributed by atoms with Gasteiger partial charge in [-0.3, -0.25) is 4.68 Å². The Bertz CT molecular complexity index is 375. The van der Waals surface area contributed by atoms with Crippen molar-refractivity contribution in [2.45, 2.75) is 51.5 Å². The number of hydrogen-bond acceptors (Lipinski definition) is 1. The predicted molar refractivity (Wildman–Crippen MR) is 75.6 cm³/mol. The molecule has 0 radical (unpaired) electrons. The zero-order chi connectivity index (χ0) is 12.1. The van der Waals surface area contributed by atoms with Crippen molar-refractivity contribution in [3.63, 3.8) is 0 Å². The molecule has 1 fully saturated rings. The first-order valence-corrected chi connectivity index (χ1v) is 7.67. The van der Waals surface area contributed by atoms with Crippen LogP contribution in [0, 0.1) is 0 Å². The molecule has 2 rings (SSSR count). The topological polar surface area (TPSA) is 17.8 Å². The predicted octanol–water partition coefficient (Wildman–Crippen LogP) is 4.27. The zero-order valence-electron chi connectivity index (χ0n) is 10.5. The van der Waals surface area contributed by atoms with Crippen molar-refractivity contribution in [1.82, 2.24) is 9.78 Å². The van der Waals surface area contributed by atoms with Crippen LogP contribution in [-0.2, 0) is 6.42 Å². The summed E-state index contributed by atoms with van der Waals surface area (Å²) in [5, 5.41) is 5.75. The van der Waals surface area contributed by atoms with Gasteiger partial charge in [0.25, 0.3) is 0 Å². The summed E-state index contributed by atoms with van der Waals surface area (Å²) in [6.45, 7) is 2.19. The molecular weight excluding hydrogens is 276 g/mol. The lowest BCUT2D eigenvalue weighted by Gasteiger charge is -2.08. The summed E-state index contributed by atoms with van der Waals surface area (Å²) < 4.78 is 2.18. The van der Waals surface area contributed by atoms with Gasteiger partial charge in [-0.1, -0.05) is 40.4 Å². The quantitative estimate of drug-likeness (QED) is 0.586. The molecule has 1 aromatic rings. The Morgan fingerprint density at radius 1 is 1.53 bits per heavy atom. The average molecular weight is 297 g/mol. The number of hydrogen-bond donors (Lipinski definition) is 0. The maximum Gasteiger partial charge on any atom is 0.0664 e. The highest BCUT2D eigenvalue weighted by Gasteiger charge is 2.17. The third kappa shape index (κ3) is 3.70. The number of nitrogens with zero attached hydrogens (tertiary/aromatic N) is 2. The van der Waals surface area contributed by atoms with Gasteiger partial charge in [0.2, 0.25) is 0 Å². The highest BCUT2D eigenvalue weighted by molar-refractivity contribution is 9.09. The van der Waals surface area contributed by atoms with Gasteiger partial charge in [-0.05, 0) is 32.3 Å². The first kappa shape index (κ1) is 12.9. The van der Waals surface area contributed by atoms with Crippen molar-refractivity contribution in [2.24, 2.45) is 0 Å². The summed E-state index contributed by atoms with van der Waals surface area (Å²) in [5.41, 5.74) is 2.63. The Labute approximate surface area is 112 Å². The van der Waals surface area contributed by atoms with Gasteiger partial charge in [0.1, 0.15) is 0 Å². The van der Waals surface area contributed by atoms with Crippen molar-refractivity contribution < 1.29 is 0 Å². The Hall–Kier alpha value is -0.570. The van der Waals surface area contributed by atoms with E-state index in [1.807, 2.05) is 0 Å². The standard InChI is InChI=1S/C14H21BrN2/c1-12(5-4-9-15)11-13-8-10-17(16-13)14-6-2-3-7-14/h5,8,10,14H,2-4,6-7,9,11H2,1H3. The molecule has 0 amide bonds. The molecule has 1 aromatic heterocycles. The third-order valence-corrected chi connectivity index (χ3v) is 3.88. The van der Waals surface area contributed by atoms with Gasteiger partial charge in [0.15, 0.2) is 0 Å². The van der Waals surface area contributed by atoms with E-state index in [1.54, 1.807) is 0 Å². The monoisotopic (exact) mass is 296 g/mol. The molecule has 0 bridgehead atoms. The van der Waals surface area contributed by atoms with E-state index in [0.717, 1.165) is 18.2 Å². The highest BCUT2D eigenvalue weighted by Crippen LogP contribution is 2.28. The van der Waals surface area contributed by atoms with E-state index in [1.165, 1.54) is 37.0 Å².